The normalized spacial score (nSPS) is 22.1. The second-order valence-electron chi connectivity index (χ2n) is 4.93. The lowest BCUT2D eigenvalue weighted by Crippen LogP contribution is -2.26. The molecule has 3 nitrogen and oxygen atoms in total. The summed E-state index contributed by atoms with van der Waals surface area (Å²) in [5, 5.41) is 4.77. The Hall–Kier alpha value is -1.32. The van der Waals surface area contributed by atoms with Crippen LogP contribution in [0.25, 0.3) is 10.9 Å². The third-order valence-corrected chi connectivity index (χ3v) is 3.72. The van der Waals surface area contributed by atoms with Gasteiger partial charge in [-0.25, -0.2) is 0 Å². The quantitative estimate of drug-likeness (QED) is 0.756. The van der Waals surface area contributed by atoms with Gasteiger partial charge >= 0.3 is 0 Å². The minimum atomic E-state index is 0.127. The van der Waals surface area contributed by atoms with Crippen LogP contribution < -0.4 is 11.1 Å². The van der Waals surface area contributed by atoms with Gasteiger partial charge in [-0.1, -0.05) is 18.2 Å². The van der Waals surface area contributed by atoms with Gasteiger partial charge in [0, 0.05) is 29.2 Å². The molecule has 0 saturated carbocycles. The minimum Gasteiger partial charge on any atom is -0.361 e. The predicted octanol–water partition coefficient (Wildman–Crippen LogP) is 2.31. The maximum Gasteiger partial charge on any atom is 0.0457 e. The number of para-hydroxylation sites is 1. The van der Waals surface area contributed by atoms with Gasteiger partial charge in [0.15, 0.2) is 0 Å². The average molecular weight is 229 g/mol. The highest BCUT2D eigenvalue weighted by atomic mass is 14.9. The summed E-state index contributed by atoms with van der Waals surface area (Å²) in [6.45, 7) is 1.14. The van der Waals surface area contributed by atoms with Gasteiger partial charge in [-0.15, -0.1) is 0 Å². The van der Waals surface area contributed by atoms with Gasteiger partial charge in [-0.2, -0.15) is 0 Å². The van der Waals surface area contributed by atoms with Crippen LogP contribution >= 0.6 is 0 Å². The number of rotatable bonds is 3. The van der Waals surface area contributed by atoms with E-state index >= 15 is 0 Å². The third-order valence-electron chi connectivity index (χ3n) is 3.72. The highest BCUT2D eigenvalue weighted by Crippen LogP contribution is 2.26. The zero-order chi connectivity index (χ0) is 11.7. The molecule has 3 heteroatoms. The molecule has 3 rings (SSSR count). The van der Waals surface area contributed by atoms with Gasteiger partial charge in [0.25, 0.3) is 0 Å². The molecule has 1 saturated heterocycles. The Balaban J connectivity index is 1.82. The molecule has 2 unspecified atom stereocenters. The second-order valence-corrected chi connectivity index (χ2v) is 4.93. The zero-order valence-electron chi connectivity index (χ0n) is 9.95. The summed E-state index contributed by atoms with van der Waals surface area (Å²) >= 11 is 0. The van der Waals surface area contributed by atoms with E-state index in [-0.39, 0.29) is 6.04 Å². The van der Waals surface area contributed by atoms with Crippen LogP contribution in [0.1, 0.15) is 30.9 Å². The van der Waals surface area contributed by atoms with Crippen LogP contribution in [0.15, 0.2) is 30.5 Å². The summed E-state index contributed by atoms with van der Waals surface area (Å²) in [5.74, 6) is 0. The molecule has 0 spiro atoms. The average Bonchev–Trinajstić information content (AvgIpc) is 2.96. The molecule has 2 atom stereocenters. The van der Waals surface area contributed by atoms with Crippen LogP contribution in [0.2, 0.25) is 0 Å². The number of hydrogen-bond donors (Lipinski definition) is 3. The van der Waals surface area contributed by atoms with Crippen molar-refractivity contribution in [2.75, 3.05) is 6.54 Å². The van der Waals surface area contributed by atoms with Gasteiger partial charge in [0.2, 0.25) is 0 Å². The molecule has 2 heterocycles. The molecule has 2 aromatic rings. The van der Waals surface area contributed by atoms with Gasteiger partial charge in [-0.05, 0) is 37.4 Å². The topological polar surface area (TPSA) is 53.8 Å². The molecule has 0 radical (unpaired) electrons. The van der Waals surface area contributed by atoms with E-state index in [1.807, 2.05) is 6.07 Å². The van der Waals surface area contributed by atoms with Crippen molar-refractivity contribution >= 4 is 10.9 Å². The molecule has 0 amide bonds. The van der Waals surface area contributed by atoms with E-state index in [0.717, 1.165) is 13.0 Å². The summed E-state index contributed by atoms with van der Waals surface area (Å²) in [6.07, 6.45) is 5.63. The molecule has 0 aliphatic carbocycles. The van der Waals surface area contributed by atoms with E-state index in [2.05, 4.69) is 34.7 Å². The number of aromatic amines is 1. The molecular weight excluding hydrogens is 210 g/mol. The fourth-order valence-corrected chi connectivity index (χ4v) is 2.79. The zero-order valence-corrected chi connectivity index (χ0v) is 9.95. The van der Waals surface area contributed by atoms with Crippen LogP contribution in [0.3, 0.4) is 0 Å². The van der Waals surface area contributed by atoms with Crippen LogP contribution in [-0.4, -0.2) is 17.6 Å². The number of hydrogen-bond acceptors (Lipinski definition) is 2. The Morgan fingerprint density at radius 2 is 2.24 bits per heavy atom. The van der Waals surface area contributed by atoms with E-state index in [9.17, 15) is 0 Å². The summed E-state index contributed by atoms with van der Waals surface area (Å²) in [7, 11) is 0. The number of fused-ring (bicyclic) bond motifs is 1. The Labute approximate surface area is 101 Å². The minimum absolute atomic E-state index is 0.127. The van der Waals surface area contributed by atoms with E-state index in [1.54, 1.807) is 0 Å². The second kappa shape index (κ2) is 4.51. The maximum absolute atomic E-state index is 6.33. The third kappa shape index (κ3) is 2.08. The molecule has 1 aromatic carbocycles. The fraction of sp³-hybridized carbons (Fsp3) is 0.429. The van der Waals surface area contributed by atoms with Crippen molar-refractivity contribution in [1.29, 1.82) is 0 Å². The van der Waals surface area contributed by atoms with Crippen molar-refractivity contribution in [2.24, 2.45) is 5.73 Å². The monoisotopic (exact) mass is 229 g/mol. The Morgan fingerprint density at radius 3 is 3.06 bits per heavy atom. The Bertz CT molecular complexity index is 497. The maximum atomic E-state index is 6.33. The first-order valence-corrected chi connectivity index (χ1v) is 6.39. The molecule has 90 valence electrons. The van der Waals surface area contributed by atoms with Crippen LogP contribution in [0.5, 0.6) is 0 Å². The predicted molar refractivity (Wildman–Crippen MR) is 70.9 cm³/mol. The molecule has 1 aliphatic rings. The molecule has 4 N–H and O–H groups in total. The van der Waals surface area contributed by atoms with E-state index in [1.165, 1.54) is 29.3 Å². The van der Waals surface area contributed by atoms with Gasteiger partial charge < -0.3 is 16.0 Å². The number of nitrogens with two attached hydrogens (primary N) is 1. The Kier molecular flexibility index (Phi) is 2.87. The van der Waals surface area contributed by atoms with Gasteiger partial charge in [0.1, 0.15) is 0 Å². The SMILES string of the molecule is NC(CC1CCCN1)c1c[nH]c2ccccc12. The van der Waals surface area contributed by atoms with E-state index in [0.29, 0.717) is 6.04 Å². The van der Waals surface area contributed by atoms with Crippen LogP contribution in [0.4, 0.5) is 0 Å². The number of H-pyrrole nitrogens is 1. The lowest BCUT2D eigenvalue weighted by molar-refractivity contribution is 0.501. The lowest BCUT2D eigenvalue weighted by atomic mass is 9.99. The van der Waals surface area contributed by atoms with E-state index in [4.69, 9.17) is 5.73 Å². The van der Waals surface area contributed by atoms with Crippen molar-refractivity contribution in [3.8, 4) is 0 Å². The molecule has 1 fully saturated rings. The van der Waals surface area contributed by atoms with Crippen molar-refractivity contribution in [3.63, 3.8) is 0 Å². The summed E-state index contributed by atoms with van der Waals surface area (Å²) < 4.78 is 0. The van der Waals surface area contributed by atoms with Gasteiger partial charge in [0.05, 0.1) is 0 Å². The van der Waals surface area contributed by atoms with Crippen molar-refractivity contribution in [1.82, 2.24) is 10.3 Å². The number of nitrogens with one attached hydrogen (secondary N) is 2. The highest BCUT2D eigenvalue weighted by molar-refractivity contribution is 5.83. The van der Waals surface area contributed by atoms with Gasteiger partial charge in [-0.3, -0.25) is 0 Å². The van der Waals surface area contributed by atoms with Crippen molar-refractivity contribution in [2.45, 2.75) is 31.3 Å². The summed E-state index contributed by atoms with van der Waals surface area (Å²) in [6, 6.07) is 9.08. The van der Waals surface area contributed by atoms with Crippen molar-refractivity contribution < 1.29 is 0 Å². The summed E-state index contributed by atoms with van der Waals surface area (Å²) in [4.78, 5) is 3.29. The van der Waals surface area contributed by atoms with Crippen LogP contribution in [0, 0.1) is 0 Å². The smallest absolute Gasteiger partial charge is 0.0457 e. The first kappa shape index (κ1) is 10.8. The molecule has 1 aromatic heterocycles. The summed E-state index contributed by atoms with van der Waals surface area (Å²) in [5.41, 5.74) is 8.75. The highest BCUT2D eigenvalue weighted by Gasteiger charge is 2.19. The van der Waals surface area contributed by atoms with Crippen LogP contribution in [-0.2, 0) is 0 Å². The van der Waals surface area contributed by atoms with E-state index < -0.39 is 0 Å². The number of benzene rings is 1. The molecule has 17 heavy (non-hydrogen) atoms. The number of aromatic nitrogens is 1. The first-order valence-electron chi connectivity index (χ1n) is 6.39. The largest absolute Gasteiger partial charge is 0.361 e. The lowest BCUT2D eigenvalue weighted by Gasteiger charge is -2.16. The molecule has 1 aliphatic heterocycles. The molecule has 0 bridgehead atoms. The molecular formula is C14H19N3. The first-order chi connectivity index (χ1) is 8.34. The van der Waals surface area contributed by atoms with Crippen molar-refractivity contribution in [3.05, 3.63) is 36.0 Å². The Morgan fingerprint density at radius 1 is 1.35 bits per heavy atom. The fourth-order valence-electron chi connectivity index (χ4n) is 2.79. The standard InChI is InChI=1S/C14H19N3/c15-13(8-10-4-3-7-16-10)12-9-17-14-6-2-1-5-11(12)14/h1-2,5-6,9-10,13,16-17H,3-4,7-8,15H2.